The first-order chi connectivity index (χ1) is 7.79. The molecule has 0 aromatic carbocycles. The topological polar surface area (TPSA) is 30.5 Å². The second-order valence-electron chi connectivity index (χ2n) is 4.29. The van der Waals surface area contributed by atoms with E-state index in [1.807, 2.05) is 7.05 Å². The SMILES string of the molecule is CCCCCCCCC(NC)C(OC)OC. The van der Waals surface area contributed by atoms with Gasteiger partial charge in [0.15, 0.2) is 6.29 Å². The number of hydrogen-bond acceptors (Lipinski definition) is 3. The summed E-state index contributed by atoms with van der Waals surface area (Å²) in [4.78, 5) is 0. The molecule has 98 valence electrons. The summed E-state index contributed by atoms with van der Waals surface area (Å²) in [5, 5.41) is 3.26. The Morgan fingerprint density at radius 3 is 2.00 bits per heavy atom. The third-order valence-electron chi connectivity index (χ3n) is 3.03. The first kappa shape index (κ1) is 15.9. The molecule has 0 aliphatic carbocycles. The average molecular weight is 231 g/mol. The van der Waals surface area contributed by atoms with Crippen molar-refractivity contribution in [2.45, 2.75) is 64.2 Å². The van der Waals surface area contributed by atoms with Crippen molar-refractivity contribution in [3.63, 3.8) is 0 Å². The van der Waals surface area contributed by atoms with E-state index < -0.39 is 0 Å². The molecule has 0 saturated carbocycles. The lowest BCUT2D eigenvalue weighted by molar-refractivity contribution is -0.123. The highest BCUT2D eigenvalue weighted by atomic mass is 16.7. The van der Waals surface area contributed by atoms with Gasteiger partial charge in [0.25, 0.3) is 0 Å². The molecule has 0 fully saturated rings. The highest BCUT2D eigenvalue weighted by molar-refractivity contribution is 4.68. The van der Waals surface area contributed by atoms with Crippen molar-refractivity contribution >= 4 is 0 Å². The molecule has 0 bridgehead atoms. The second-order valence-corrected chi connectivity index (χ2v) is 4.29. The zero-order valence-electron chi connectivity index (χ0n) is 11.4. The van der Waals surface area contributed by atoms with Gasteiger partial charge in [-0.1, -0.05) is 45.4 Å². The highest BCUT2D eigenvalue weighted by Crippen LogP contribution is 2.11. The Hall–Kier alpha value is -0.120. The van der Waals surface area contributed by atoms with E-state index in [-0.39, 0.29) is 6.29 Å². The van der Waals surface area contributed by atoms with Crippen molar-refractivity contribution in [2.75, 3.05) is 21.3 Å². The maximum Gasteiger partial charge on any atom is 0.171 e. The molecule has 1 N–H and O–H groups in total. The van der Waals surface area contributed by atoms with Gasteiger partial charge in [-0.25, -0.2) is 0 Å². The van der Waals surface area contributed by atoms with Crippen LogP contribution >= 0.6 is 0 Å². The molecule has 0 spiro atoms. The average Bonchev–Trinajstić information content (AvgIpc) is 2.32. The van der Waals surface area contributed by atoms with Crippen LogP contribution in [0.5, 0.6) is 0 Å². The van der Waals surface area contributed by atoms with Gasteiger partial charge >= 0.3 is 0 Å². The molecule has 3 heteroatoms. The Balaban J connectivity index is 3.54. The van der Waals surface area contributed by atoms with Crippen LogP contribution in [0, 0.1) is 0 Å². The highest BCUT2D eigenvalue weighted by Gasteiger charge is 2.17. The third-order valence-corrected chi connectivity index (χ3v) is 3.03. The van der Waals surface area contributed by atoms with Crippen LogP contribution < -0.4 is 5.32 Å². The van der Waals surface area contributed by atoms with E-state index in [4.69, 9.17) is 9.47 Å². The summed E-state index contributed by atoms with van der Waals surface area (Å²) in [7, 11) is 5.35. The minimum atomic E-state index is -0.124. The molecule has 0 aliphatic heterocycles. The van der Waals surface area contributed by atoms with Crippen LogP contribution in [0.2, 0.25) is 0 Å². The van der Waals surface area contributed by atoms with Crippen LogP contribution in [-0.4, -0.2) is 33.6 Å². The maximum absolute atomic E-state index is 5.26. The van der Waals surface area contributed by atoms with Crippen LogP contribution in [0.15, 0.2) is 0 Å². The van der Waals surface area contributed by atoms with Gasteiger partial charge in [-0.2, -0.15) is 0 Å². The smallest absolute Gasteiger partial charge is 0.171 e. The van der Waals surface area contributed by atoms with E-state index >= 15 is 0 Å². The van der Waals surface area contributed by atoms with Crippen molar-refractivity contribution < 1.29 is 9.47 Å². The van der Waals surface area contributed by atoms with Gasteiger partial charge in [0.05, 0.1) is 6.04 Å². The summed E-state index contributed by atoms with van der Waals surface area (Å²) in [6, 6.07) is 0.307. The lowest BCUT2D eigenvalue weighted by Gasteiger charge is -2.24. The molecule has 0 rings (SSSR count). The molecule has 0 aromatic rings. The van der Waals surface area contributed by atoms with Crippen molar-refractivity contribution in [1.82, 2.24) is 5.32 Å². The predicted molar refractivity (Wildman–Crippen MR) is 68.6 cm³/mol. The van der Waals surface area contributed by atoms with Gasteiger partial charge in [-0.05, 0) is 13.5 Å². The number of rotatable bonds is 11. The number of nitrogens with one attached hydrogen (secondary N) is 1. The summed E-state index contributed by atoms with van der Waals surface area (Å²) in [5.74, 6) is 0. The fraction of sp³-hybridized carbons (Fsp3) is 1.00. The molecule has 1 atom stereocenters. The molecule has 0 aromatic heterocycles. The zero-order valence-corrected chi connectivity index (χ0v) is 11.4. The van der Waals surface area contributed by atoms with E-state index in [0.29, 0.717) is 6.04 Å². The minimum absolute atomic E-state index is 0.124. The van der Waals surface area contributed by atoms with Gasteiger partial charge in [0, 0.05) is 14.2 Å². The standard InChI is InChI=1S/C13H29NO2/c1-5-6-7-8-9-10-11-12(14-2)13(15-3)16-4/h12-14H,5-11H2,1-4H3. The number of ether oxygens (including phenoxy) is 2. The van der Waals surface area contributed by atoms with Gasteiger partial charge in [-0.15, -0.1) is 0 Å². The molecule has 1 unspecified atom stereocenters. The fourth-order valence-corrected chi connectivity index (χ4v) is 1.99. The largest absolute Gasteiger partial charge is 0.354 e. The molecule has 0 aliphatic rings. The molecule has 0 amide bonds. The van der Waals surface area contributed by atoms with Crippen LogP contribution in [-0.2, 0) is 9.47 Å². The Morgan fingerprint density at radius 1 is 0.938 bits per heavy atom. The Kier molecular flexibility index (Phi) is 11.3. The number of unbranched alkanes of at least 4 members (excludes halogenated alkanes) is 5. The van der Waals surface area contributed by atoms with Crippen molar-refractivity contribution in [3.8, 4) is 0 Å². The summed E-state index contributed by atoms with van der Waals surface area (Å²) in [5.41, 5.74) is 0. The number of likely N-dealkylation sites (N-methyl/N-ethyl adjacent to an activating group) is 1. The molecule has 16 heavy (non-hydrogen) atoms. The molecule has 0 heterocycles. The first-order valence-corrected chi connectivity index (χ1v) is 6.53. The lowest BCUT2D eigenvalue weighted by atomic mass is 10.1. The van der Waals surface area contributed by atoms with Crippen molar-refractivity contribution in [1.29, 1.82) is 0 Å². The van der Waals surface area contributed by atoms with E-state index in [2.05, 4.69) is 12.2 Å². The predicted octanol–water partition coefficient (Wildman–Crippen LogP) is 2.94. The van der Waals surface area contributed by atoms with E-state index in [1.165, 1.54) is 38.5 Å². The first-order valence-electron chi connectivity index (χ1n) is 6.53. The van der Waals surface area contributed by atoms with Crippen LogP contribution in [0.25, 0.3) is 0 Å². The summed E-state index contributed by atoms with van der Waals surface area (Å²) in [6.07, 6.45) is 8.97. The van der Waals surface area contributed by atoms with E-state index in [1.54, 1.807) is 14.2 Å². The Labute approximate surface area is 101 Å². The Bertz CT molecular complexity index is 138. The van der Waals surface area contributed by atoms with Crippen molar-refractivity contribution in [2.24, 2.45) is 0 Å². The van der Waals surface area contributed by atoms with Crippen LogP contribution in [0.3, 0.4) is 0 Å². The van der Waals surface area contributed by atoms with E-state index in [9.17, 15) is 0 Å². The Morgan fingerprint density at radius 2 is 1.50 bits per heavy atom. The number of hydrogen-bond donors (Lipinski definition) is 1. The second kappa shape index (κ2) is 11.4. The van der Waals surface area contributed by atoms with Gasteiger partial charge in [0.1, 0.15) is 0 Å². The molecule has 0 saturated heterocycles. The van der Waals surface area contributed by atoms with E-state index in [0.717, 1.165) is 6.42 Å². The summed E-state index contributed by atoms with van der Waals surface area (Å²) < 4.78 is 10.5. The quantitative estimate of drug-likeness (QED) is 0.438. The molecular weight excluding hydrogens is 202 g/mol. The van der Waals surface area contributed by atoms with Crippen molar-refractivity contribution in [3.05, 3.63) is 0 Å². The maximum atomic E-state index is 5.26. The van der Waals surface area contributed by atoms with Crippen LogP contribution in [0.1, 0.15) is 51.9 Å². The zero-order chi connectivity index (χ0) is 12.2. The van der Waals surface area contributed by atoms with Gasteiger partial charge in [0.2, 0.25) is 0 Å². The van der Waals surface area contributed by atoms with Gasteiger partial charge in [-0.3, -0.25) is 0 Å². The summed E-state index contributed by atoms with van der Waals surface area (Å²) >= 11 is 0. The molecule has 0 radical (unpaired) electrons. The minimum Gasteiger partial charge on any atom is -0.354 e. The lowest BCUT2D eigenvalue weighted by Crippen LogP contribution is -2.39. The number of methoxy groups -OCH3 is 2. The fourth-order valence-electron chi connectivity index (χ4n) is 1.99. The normalized spacial score (nSPS) is 13.3. The summed E-state index contributed by atoms with van der Waals surface area (Å²) in [6.45, 7) is 2.25. The monoisotopic (exact) mass is 231 g/mol. The molecular formula is C13H29NO2. The molecule has 3 nitrogen and oxygen atoms in total. The third kappa shape index (κ3) is 7.20. The van der Waals surface area contributed by atoms with Gasteiger partial charge < -0.3 is 14.8 Å². The van der Waals surface area contributed by atoms with Crippen LogP contribution in [0.4, 0.5) is 0 Å².